The molecule has 1 aromatic heterocycles. The van der Waals surface area contributed by atoms with Gasteiger partial charge in [0.1, 0.15) is 17.4 Å². The fourth-order valence-corrected chi connectivity index (χ4v) is 3.30. The third-order valence-electron chi connectivity index (χ3n) is 4.66. The molecule has 2 heterocycles. The number of para-hydroxylation sites is 1. The summed E-state index contributed by atoms with van der Waals surface area (Å²) in [5.41, 5.74) is 0.814. The first-order valence-corrected chi connectivity index (χ1v) is 8.68. The molecule has 2 amide bonds. The monoisotopic (exact) mass is 328 g/mol. The van der Waals surface area contributed by atoms with Crippen LogP contribution in [0.3, 0.4) is 0 Å². The molecule has 24 heavy (non-hydrogen) atoms. The lowest BCUT2D eigenvalue weighted by Gasteiger charge is -2.35. The summed E-state index contributed by atoms with van der Waals surface area (Å²) in [6, 6.07) is 9.14. The highest BCUT2D eigenvalue weighted by molar-refractivity contribution is 5.88. The van der Waals surface area contributed by atoms with Crippen molar-refractivity contribution in [3.8, 4) is 0 Å². The summed E-state index contributed by atoms with van der Waals surface area (Å²) >= 11 is 0. The maximum absolute atomic E-state index is 12.7. The van der Waals surface area contributed by atoms with Crippen LogP contribution in [-0.2, 0) is 9.59 Å². The molecular formula is C19H24N2O3. The molecule has 128 valence electrons. The van der Waals surface area contributed by atoms with E-state index < -0.39 is 0 Å². The lowest BCUT2D eigenvalue weighted by atomic mass is 10.0. The van der Waals surface area contributed by atoms with E-state index in [-0.39, 0.29) is 23.9 Å². The van der Waals surface area contributed by atoms with Gasteiger partial charge in [-0.1, -0.05) is 25.1 Å². The topological polar surface area (TPSA) is 62.6 Å². The molecule has 5 heteroatoms. The van der Waals surface area contributed by atoms with E-state index in [0.717, 1.165) is 36.0 Å². The summed E-state index contributed by atoms with van der Waals surface area (Å²) in [6.45, 7) is 4.41. The Labute approximate surface area is 142 Å². The number of carbonyl (C=O) groups excluding carboxylic acids is 2. The van der Waals surface area contributed by atoms with E-state index in [1.54, 1.807) is 4.90 Å². The minimum absolute atomic E-state index is 0.0474. The van der Waals surface area contributed by atoms with Crippen molar-refractivity contribution in [2.24, 2.45) is 0 Å². The normalized spacial score (nSPS) is 19.2. The third-order valence-corrected chi connectivity index (χ3v) is 4.66. The van der Waals surface area contributed by atoms with Crippen molar-refractivity contribution in [1.29, 1.82) is 0 Å². The van der Waals surface area contributed by atoms with Crippen LogP contribution in [0.25, 0.3) is 11.0 Å². The molecule has 2 aromatic rings. The highest BCUT2D eigenvalue weighted by atomic mass is 16.3. The van der Waals surface area contributed by atoms with Gasteiger partial charge >= 0.3 is 0 Å². The number of fused-ring (bicyclic) bond motifs is 1. The fraction of sp³-hybridized carbons (Fsp3) is 0.474. The van der Waals surface area contributed by atoms with Crippen molar-refractivity contribution < 1.29 is 14.0 Å². The Balaban J connectivity index is 1.71. The van der Waals surface area contributed by atoms with Gasteiger partial charge in [0, 0.05) is 18.4 Å². The molecule has 0 spiro atoms. The van der Waals surface area contributed by atoms with Gasteiger partial charge in [-0.3, -0.25) is 9.59 Å². The maximum Gasteiger partial charge on any atom is 0.243 e. The molecule has 1 fully saturated rings. The lowest BCUT2D eigenvalue weighted by molar-refractivity contribution is -0.142. The Morgan fingerprint density at radius 2 is 2.12 bits per heavy atom. The van der Waals surface area contributed by atoms with Gasteiger partial charge in [0.25, 0.3) is 0 Å². The minimum atomic E-state index is -0.363. The number of rotatable bonds is 4. The molecular weight excluding hydrogens is 304 g/mol. The summed E-state index contributed by atoms with van der Waals surface area (Å²) in [6.07, 6.45) is 3.10. The van der Waals surface area contributed by atoms with Crippen LogP contribution >= 0.6 is 0 Å². The zero-order valence-corrected chi connectivity index (χ0v) is 14.2. The van der Waals surface area contributed by atoms with Gasteiger partial charge in [-0.05, 0) is 38.3 Å². The van der Waals surface area contributed by atoms with E-state index in [1.165, 1.54) is 0 Å². The zero-order chi connectivity index (χ0) is 17.1. The Morgan fingerprint density at radius 3 is 2.88 bits per heavy atom. The zero-order valence-electron chi connectivity index (χ0n) is 14.2. The average molecular weight is 328 g/mol. The highest BCUT2D eigenvalue weighted by Crippen LogP contribution is 2.24. The van der Waals surface area contributed by atoms with Crippen molar-refractivity contribution in [3.05, 3.63) is 36.1 Å². The molecule has 0 saturated carbocycles. The second kappa shape index (κ2) is 7.07. The van der Waals surface area contributed by atoms with Crippen LogP contribution in [-0.4, -0.2) is 29.3 Å². The second-order valence-electron chi connectivity index (χ2n) is 6.37. The van der Waals surface area contributed by atoms with Crippen molar-refractivity contribution in [1.82, 2.24) is 10.2 Å². The largest absolute Gasteiger partial charge is 0.459 e. The van der Waals surface area contributed by atoms with E-state index in [2.05, 4.69) is 5.32 Å². The number of carbonyl (C=O) groups is 2. The first-order chi connectivity index (χ1) is 11.6. The number of benzene rings is 1. The summed E-state index contributed by atoms with van der Waals surface area (Å²) in [5, 5.41) is 4.03. The number of piperidine rings is 1. The van der Waals surface area contributed by atoms with E-state index in [9.17, 15) is 9.59 Å². The van der Waals surface area contributed by atoms with E-state index >= 15 is 0 Å². The van der Waals surface area contributed by atoms with Crippen LogP contribution < -0.4 is 5.32 Å². The Hall–Kier alpha value is -2.30. The molecule has 5 nitrogen and oxygen atoms in total. The van der Waals surface area contributed by atoms with Gasteiger partial charge in [0.05, 0.1) is 6.04 Å². The predicted molar refractivity (Wildman–Crippen MR) is 92.4 cm³/mol. The number of furan rings is 1. The van der Waals surface area contributed by atoms with Gasteiger partial charge in [0.15, 0.2) is 0 Å². The van der Waals surface area contributed by atoms with Gasteiger partial charge in [-0.25, -0.2) is 0 Å². The van der Waals surface area contributed by atoms with E-state index in [1.807, 2.05) is 44.2 Å². The summed E-state index contributed by atoms with van der Waals surface area (Å²) in [4.78, 5) is 26.5. The van der Waals surface area contributed by atoms with Crippen LogP contribution in [0.5, 0.6) is 0 Å². The van der Waals surface area contributed by atoms with Crippen LogP contribution in [0.15, 0.2) is 34.7 Å². The average Bonchev–Trinajstić information content (AvgIpc) is 3.05. The van der Waals surface area contributed by atoms with Gasteiger partial charge < -0.3 is 14.6 Å². The van der Waals surface area contributed by atoms with Crippen LogP contribution in [0, 0.1) is 0 Å². The lowest BCUT2D eigenvalue weighted by Crippen LogP contribution is -2.52. The Morgan fingerprint density at radius 1 is 1.33 bits per heavy atom. The van der Waals surface area contributed by atoms with Gasteiger partial charge in [-0.2, -0.15) is 0 Å². The summed E-state index contributed by atoms with van der Waals surface area (Å²) < 4.78 is 5.82. The van der Waals surface area contributed by atoms with E-state index in [4.69, 9.17) is 4.42 Å². The molecule has 1 aliphatic rings. The number of likely N-dealkylation sites (tertiary alicyclic amines) is 1. The summed E-state index contributed by atoms with van der Waals surface area (Å²) in [5.74, 6) is 0.685. The highest BCUT2D eigenvalue weighted by Gasteiger charge is 2.32. The number of nitrogens with one attached hydrogen (secondary N) is 1. The third kappa shape index (κ3) is 3.30. The smallest absolute Gasteiger partial charge is 0.243 e. The number of hydrogen-bond acceptors (Lipinski definition) is 3. The number of hydrogen-bond donors (Lipinski definition) is 1. The van der Waals surface area contributed by atoms with Crippen molar-refractivity contribution in [2.45, 2.75) is 51.6 Å². The molecule has 0 radical (unpaired) electrons. The summed E-state index contributed by atoms with van der Waals surface area (Å²) in [7, 11) is 0. The van der Waals surface area contributed by atoms with E-state index in [0.29, 0.717) is 13.0 Å². The van der Waals surface area contributed by atoms with Crippen molar-refractivity contribution in [2.75, 3.05) is 6.54 Å². The second-order valence-corrected chi connectivity index (χ2v) is 6.37. The van der Waals surface area contributed by atoms with Crippen molar-refractivity contribution in [3.63, 3.8) is 0 Å². The molecule has 3 rings (SSSR count). The molecule has 1 aromatic carbocycles. The van der Waals surface area contributed by atoms with Crippen LogP contribution in [0.1, 0.15) is 51.3 Å². The number of nitrogens with zero attached hydrogens (tertiary/aromatic N) is 1. The molecule has 2 atom stereocenters. The first kappa shape index (κ1) is 16.6. The quantitative estimate of drug-likeness (QED) is 0.935. The van der Waals surface area contributed by atoms with Crippen LogP contribution in [0.2, 0.25) is 0 Å². The SMILES string of the molecule is CCC(=O)N1CCCC[C@@H]1C(=O)N[C@H](C)c1cc2ccccc2o1. The van der Waals surface area contributed by atoms with Crippen LogP contribution in [0.4, 0.5) is 0 Å². The standard InChI is InChI=1S/C19H24N2O3/c1-3-18(22)21-11-7-6-9-15(21)19(23)20-13(2)17-12-14-8-4-5-10-16(14)24-17/h4-5,8,10,12-13,15H,3,6-7,9,11H2,1-2H3,(H,20,23)/t13-,15-/m1/s1. The Kier molecular flexibility index (Phi) is 4.88. The van der Waals surface area contributed by atoms with Gasteiger partial charge in [0.2, 0.25) is 11.8 Å². The molecule has 0 unspecified atom stereocenters. The molecule has 1 saturated heterocycles. The number of amides is 2. The Bertz CT molecular complexity index is 704. The van der Waals surface area contributed by atoms with Crippen molar-refractivity contribution >= 4 is 22.8 Å². The molecule has 0 aliphatic carbocycles. The minimum Gasteiger partial charge on any atom is -0.459 e. The first-order valence-electron chi connectivity index (χ1n) is 8.68. The molecule has 1 aliphatic heterocycles. The molecule has 0 bridgehead atoms. The maximum atomic E-state index is 12.7. The van der Waals surface area contributed by atoms with Gasteiger partial charge in [-0.15, -0.1) is 0 Å². The fourth-order valence-electron chi connectivity index (χ4n) is 3.30. The predicted octanol–water partition coefficient (Wildman–Crippen LogP) is 3.40. The molecule has 1 N–H and O–H groups in total.